The number of fused-ring (bicyclic) bond motifs is 2. The molecular formula is C28H41N5O4S. The van der Waals surface area contributed by atoms with Gasteiger partial charge < -0.3 is 22.4 Å². The molecule has 38 heavy (non-hydrogen) atoms. The molecular weight excluding hydrogens is 502 g/mol. The summed E-state index contributed by atoms with van der Waals surface area (Å²) in [5.41, 5.74) is 0. The van der Waals surface area contributed by atoms with Crippen LogP contribution in [0.2, 0.25) is 0 Å². The first kappa shape index (κ1) is 28.3. The van der Waals surface area contributed by atoms with Crippen molar-refractivity contribution in [3.05, 3.63) is 31.7 Å². The van der Waals surface area contributed by atoms with Gasteiger partial charge in [0, 0.05) is 18.5 Å². The van der Waals surface area contributed by atoms with Gasteiger partial charge in [-0.15, -0.1) is 0 Å². The maximum absolute atomic E-state index is 12.8. The van der Waals surface area contributed by atoms with Crippen molar-refractivity contribution in [3.8, 4) is 0 Å². The highest BCUT2D eigenvalue weighted by Crippen LogP contribution is 2.38. The third-order valence-corrected chi connectivity index (χ3v) is 9.15. The van der Waals surface area contributed by atoms with E-state index in [0.29, 0.717) is 24.3 Å². The molecule has 1 N–H and O–H groups in total. The van der Waals surface area contributed by atoms with Gasteiger partial charge in [-0.25, -0.2) is 4.79 Å². The lowest BCUT2D eigenvalue weighted by Crippen LogP contribution is -2.61. The van der Waals surface area contributed by atoms with Gasteiger partial charge in [0.2, 0.25) is 18.5 Å². The van der Waals surface area contributed by atoms with Crippen molar-refractivity contribution < 1.29 is 23.6 Å². The number of quaternary nitrogens is 1. The molecule has 0 spiro atoms. The third kappa shape index (κ3) is 5.81. The fourth-order valence-corrected chi connectivity index (χ4v) is 6.97. The minimum atomic E-state index is -0.385. The van der Waals surface area contributed by atoms with Crippen LogP contribution in [0.15, 0.2) is 24.3 Å². The van der Waals surface area contributed by atoms with Crippen molar-refractivity contribution in [2.75, 3.05) is 57.4 Å². The van der Waals surface area contributed by atoms with Gasteiger partial charge in [0.15, 0.2) is 5.82 Å². The lowest BCUT2D eigenvalue weighted by molar-refractivity contribution is -0.944. The van der Waals surface area contributed by atoms with Crippen molar-refractivity contribution in [2.24, 2.45) is 11.8 Å². The number of nitrogens with zero attached hydrogens (tertiary/aromatic N) is 4. The standard InChI is InChI=1S/C27H37N5O4S.CH3/c1-2-28-27(35)36-19-32(16-8-7-13-31-25(33)20-9-3-4-10-21(20)26(31)34)17-14-30(15-18-32)24-22-11-5-6-12-23(22)37-29-24;/h5-6,11-12,20-21H,2-4,7-10,13-19H2,1H3;1H3/q;-1/p+1. The molecule has 208 valence electrons. The zero-order valence-corrected chi connectivity index (χ0v) is 23.5. The normalized spacial score (nSPS) is 22.8. The van der Waals surface area contributed by atoms with E-state index in [1.807, 2.05) is 13.0 Å². The molecule has 3 fully saturated rings. The van der Waals surface area contributed by atoms with Crippen LogP contribution in [0.3, 0.4) is 0 Å². The van der Waals surface area contributed by atoms with E-state index in [1.54, 1.807) is 0 Å². The van der Waals surface area contributed by atoms with Crippen LogP contribution in [-0.2, 0) is 14.3 Å². The highest BCUT2D eigenvalue weighted by atomic mass is 32.1. The number of nitrogens with one attached hydrogen (secondary N) is 1. The van der Waals surface area contributed by atoms with Crippen LogP contribution in [0.5, 0.6) is 0 Å². The number of alkyl carbamates (subject to hydrolysis) is 1. The fourth-order valence-electron chi connectivity index (χ4n) is 6.18. The van der Waals surface area contributed by atoms with E-state index in [9.17, 15) is 14.4 Å². The van der Waals surface area contributed by atoms with Gasteiger partial charge in [-0.1, -0.05) is 25.0 Å². The summed E-state index contributed by atoms with van der Waals surface area (Å²) in [6.07, 6.45) is 5.06. The molecule has 0 radical (unpaired) electrons. The van der Waals surface area contributed by atoms with Crippen molar-refractivity contribution in [3.63, 3.8) is 0 Å². The van der Waals surface area contributed by atoms with Gasteiger partial charge in [-0.3, -0.25) is 19.0 Å². The summed E-state index contributed by atoms with van der Waals surface area (Å²) in [6.45, 7) is 7.42. The summed E-state index contributed by atoms with van der Waals surface area (Å²) in [5, 5.41) is 3.91. The van der Waals surface area contributed by atoms with E-state index in [0.717, 1.165) is 77.1 Å². The van der Waals surface area contributed by atoms with Crippen molar-refractivity contribution in [2.45, 2.75) is 45.4 Å². The van der Waals surface area contributed by atoms with E-state index in [2.05, 4.69) is 28.4 Å². The number of aromatic nitrogens is 1. The summed E-state index contributed by atoms with van der Waals surface area (Å²) in [6, 6.07) is 8.32. The molecule has 5 rings (SSSR count). The zero-order valence-electron chi connectivity index (χ0n) is 22.7. The number of likely N-dealkylation sites (tertiary alicyclic amines) is 1. The fraction of sp³-hybridized carbons (Fsp3) is 0.607. The number of imide groups is 1. The highest BCUT2D eigenvalue weighted by Gasteiger charge is 2.47. The molecule has 3 heterocycles. The number of rotatable bonds is 9. The van der Waals surface area contributed by atoms with Crippen LogP contribution in [-0.4, -0.2) is 84.2 Å². The van der Waals surface area contributed by atoms with Gasteiger partial charge in [0.25, 0.3) is 0 Å². The minimum Gasteiger partial charge on any atom is -0.399 e. The highest BCUT2D eigenvalue weighted by molar-refractivity contribution is 7.13. The second-order valence-electron chi connectivity index (χ2n) is 10.6. The third-order valence-electron chi connectivity index (χ3n) is 8.33. The Labute approximate surface area is 229 Å². The summed E-state index contributed by atoms with van der Waals surface area (Å²) in [5.74, 6) is 0.958. The number of hydrogen-bond donors (Lipinski definition) is 1. The Hall–Kier alpha value is -2.72. The molecule has 2 aliphatic heterocycles. The van der Waals surface area contributed by atoms with E-state index in [4.69, 9.17) is 9.11 Å². The summed E-state index contributed by atoms with van der Waals surface area (Å²) in [7, 11) is 0. The molecule has 2 aromatic rings. The van der Waals surface area contributed by atoms with E-state index >= 15 is 0 Å². The van der Waals surface area contributed by atoms with Crippen LogP contribution in [0.25, 0.3) is 10.1 Å². The molecule has 2 unspecified atom stereocenters. The monoisotopic (exact) mass is 543 g/mol. The van der Waals surface area contributed by atoms with E-state index < -0.39 is 0 Å². The van der Waals surface area contributed by atoms with Crippen molar-refractivity contribution >= 4 is 45.3 Å². The average Bonchev–Trinajstić information content (AvgIpc) is 3.46. The van der Waals surface area contributed by atoms with Gasteiger partial charge in [-0.2, -0.15) is 4.37 Å². The molecule has 10 heteroatoms. The molecule has 0 bridgehead atoms. The number of hydrogen-bond acceptors (Lipinski definition) is 7. The Bertz CT molecular complexity index is 1110. The molecule has 2 atom stereocenters. The van der Waals surface area contributed by atoms with Crippen molar-refractivity contribution in [1.29, 1.82) is 0 Å². The van der Waals surface area contributed by atoms with Crippen LogP contribution >= 0.6 is 11.5 Å². The average molecular weight is 544 g/mol. The Kier molecular flexibility index (Phi) is 9.25. The van der Waals surface area contributed by atoms with Gasteiger partial charge >= 0.3 is 6.09 Å². The first-order valence-corrected chi connectivity index (χ1v) is 14.5. The minimum absolute atomic E-state index is 0. The maximum Gasteiger partial charge on any atom is 0.411 e. The van der Waals surface area contributed by atoms with Crippen LogP contribution in [0.1, 0.15) is 45.4 Å². The Balaban J connectivity index is 0.00000336. The second-order valence-corrected chi connectivity index (χ2v) is 11.4. The Morgan fingerprint density at radius 2 is 1.79 bits per heavy atom. The summed E-state index contributed by atoms with van der Waals surface area (Å²) >= 11 is 1.53. The molecule has 1 aliphatic carbocycles. The number of piperazine rings is 1. The van der Waals surface area contributed by atoms with Gasteiger partial charge in [0.05, 0.1) is 49.3 Å². The van der Waals surface area contributed by atoms with Gasteiger partial charge in [-0.05, 0) is 56.3 Å². The largest absolute Gasteiger partial charge is 0.411 e. The van der Waals surface area contributed by atoms with Crippen LogP contribution < -0.4 is 10.2 Å². The molecule has 1 aromatic carbocycles. The van der Waals surface area contributed by atoms with Crippen molar-refractivity contribution in [1.82, 2.24) is 14.6 Å². The lowest BCUT2D eigenvalue weighted by Gasteiger charge is -2.44. The summed E-state index contributed by atoms with van der Waals surface area (Å²) in [4.78, 5) is 41.6. The number of amides is 3. The van der Waals surface area contributed by atoms with Gasteiger partial charge in [0.1, 0.15) is 0 Å². The number of carbonyl (C=O) groups excluding carboxylic acids is 3. The molecule has 2 saturated heterocycles. The Morgan fingerprint density at radius 1 is 1.11 bits per heavy atom. The number of carbonyl (C=O) groups is 3. The molecule has 3 aliphatic rings. The first-order valence-electron chi connectivity index (χ1n) is 13.7. The number of benzene rings is 1. The number of ether oxygens (including phenoxy) is 1. The predicted octanol–water partition coefficient (Wildman–Crippen LogP) is 4.04. The maximum atomic E-state index is 12.8. The molecule has 1 saturated carbocycles. The Morgan fingerprint density at radius 3 is 2.47 bits per heavy atom. The predicted molar refractivity (Wildman–Crippen MR) is 150 cm³/mol. The SMILES string of the molecule is CCNC(=O)OC[N+]1(CCCCN2C(=O)C3CCCCC3C2=O)CCN(c2nsc3ccccc23)CC1.[CH3-]. The number of unbranched alkanes of at least 4 members (excludes halogenated alkanes) is 1. The second kappa shape index (κ2) is 12.4. The molecule has 9 nitrogen and oxygen atoms in total. The van der Waals surface area contributed by atoms with E-state index in [-0.39, 0.29) is 37.2 Å². The number of anilines is 1. The molecule has 3 amide bonds. The van der Waals surface area contributed by atoms with E-state index in [1.165, 1.54) is 26.5 Å². The molecule has 1 aromatic heterocycles. The zero-order chi connectivity index (χ0) is 25.8. The summed E-state index contributed by atoms with van der Waals surface area (Å²) < 4.78 is 12.2. The quantitative estimate of drug-likeness (QED) is 0.222. The topological polar surface area (TPSA) is 91.8 Å². The first-order chi connectivity index (χ1) is 18.0. The van der Waals surface area contributed by atoms with Crippen LogP contribution in [0.4, 0.5) is 10.6 Å². The lowest BCUT2D eigenvalue weighted by atomic mass is 9.81. The smallest absolute Gasteiger partial charge is 0.399 e. The van der Waals surface area contributed by atoms with Crippen LogP contribution in [0, 0.1) is 19.3 Å².